The summed E-state index contributed by atoms with van der Waals surface area (Å²) in [5, 5.41) is 7.91. The van der Waals surface area contributed by atoms with Crippen LogP contribution < -0.4 is 10.6 Å². The van der Waals surface area contributed by atoms with E-state index in [1.807, 2.05) is 12.1 Å². The molecule has 0 aromatic heterocycles. The van der Waals surface area contributed by atoms with Crippen LogP contribution in [0.25, 0.3) is 0 Å². The van der Waals surface area contributed by atoms with Gasteiger partial charge in [-0.3, -0.25) is 0 Å². The topological polar surface area (TPSA) is 24.1 Å². The molecule has 0 heterocycles. The smallest absolute Gasteiger partial charge is 0.0637 e. The van der Waals surface area contributed by atoms with Crippen molar-refractivity contribution in [1.82, 2.24) is 10.6 Å². The molecule has 1 aromatic carbocycles. The molecule has 0 aliphatic carbocycles. The van der Waals surface area contributed by atoms with Crippen LogP contribution in [0.3, 0.4) is 0 Å². The van der Waals surface area contributed by atoms with Crippen LogP contribution in [0.2, 0.25) is 10.0 Å². The van der Waals surface area contributed by atoms with Gasteiger partial charge in [-0.25, -0.2) is 0 Å². The molecule has 1 aromatic rings. The van der Waals surface area contributed by atoms with Crippen LogP contribution >= 0.6 is 23.2 Å². The van der Waals surface area contributed by atoms with Crippen molar-refractivity contribution in [2.45, 2.75) is 26.4 Å². The van der Waals surface area contributed by atoms with Crippen LogP contribution in [0.4, 0.5) is 0 Å². The van der Waals surface area contributed by atoms with Gasteiger partial charge in [-0.05, 0) is 11.6 Å². The number of hydrogen-bond donors (Lipinski definition) is 2. The Hall–Kier alpha value is -0.280. The summed E-state index contributed by atoms with van der Waals surface area (Å²) >= 11 is 12.0. The lowest BCUT2D eigenvalue weighted by Gasteiger charge is -2.10. The normalized spacial score (nSPS) is 11.1. The molecular formula is C12H18Cl2N2. The summed E-state index contributed by atoms with van der Waals surface area (Å²) in [6.45, 7) is 6.89. The quantitative estimate of drug-likeness (QED) is 0.769. The number of benzene rings is 1. The maximum Gasteiger partial charge on any atom is 0.0637 e. The summed E-state index contributed by atoms with van der Waals surface area (Å²) < 4.78 is 0. The third-order valence-electron chi connectivity index (χ3n) is 2.20. The second-order valence-corrected chi connectivity index (χ2v) is 4.78. The van der Waals surface area contributed by atoms with E-state index in [0.717, 1.165) is 25.2 Å². The van der Waals surface area contributed by atoms with Gasteiger partial charge in [0.25, 0.3) is 0 Å². The molecule has 0 spiro atoms. The van der Waals surface area contributed by atoms with Crippen molar-refractivity contribution < 1.29 is 0 Å². The van der Waals surface area contributed by atoms with Gasteiger partial charge < -0.3 is 10.6 Å². The van der Waals surface area contributed by atoms with Crippen molar-refractivity contribution in [3.05, 3.63) is 33.8 Å². The van der Waals surface area contributed by atoms with Crippen LogP contribution in [-0.2, 0) is 6.54 Å². The highest BCUT2D eigenvalue weighted by molar-refractivity contribution is 6.42. The first-order valence-corrected chi connectivity index (χ1v) is 6.24. The molecule has 0 saturated carbocycles. The van der Waals surface area contributed by atoms with E-state index in [4.69, 9.17) is 23.2 Å². The molecule has 4 heteroatoms. The maximum absolute atomic E-state index is 6.07. The van der Waals surface area contributed by atoms with E-state index in [-0.39, 0.29) is 0 Å². The first-order chi connectivity index (χ1) is 7.61. The van der Waals surface area contributed by atoms with Crippen LogP contribution in [0, 0.1) is 0 Å². The van der Waals surface area contributed by atoms with Gasteiger partial charge in [0, 0.05) is 25.7 Å². The minimum Gasteiger partial charge on any atom is -0.313 e. The number of rotatable bonds is 6. The van der Waals surface area contributed by atoms with Crippen LogP contribution in [0.5, 0.6) is 0 Å². The molecule has 0 unspecified atom stereocenters. The second kappa shape index (κ2) is 7.13. The molecule has 0 saturated heterocycles. The molecular weight excluding hydrogens is 243 g/mol. The first-order valence-electron chi connectivity index (χ1n) is 5.48. The van der Waals surface area contributed by atoms with Gasteiger partial charge in [0.05, 0.1) is 10.0 Å². The summed E-state index contributed by atoms with van der Waals surface area (Å²) in [5.74, 6) is 0. The molecule has 0 aliphatic heterocycles. The van der Waals surface area contributed by atoms with E-state index in [0.29, 0.717) is 16.1 Å². The van der Waals surface area contributed by atoms with Gasteiger partial charge in [0.15, 0.2) is 0 Å². The highest BCUT2D eigenvalue weighted by atomic mass is 35.5. The Morgan fingerprint density at radius 3 is 2.62 bits per heavy atom. The molecule has 0 radical (unpaired) electrons. The van der Waals surface area contributed by atoms with Crippen molar-refractivity contribution in [1.29, 1.82) is 0 Å². The Morgan fingerprint density at radius 1 is 1.19 bits per heavy atom. The lowest BCUT2D eigenvalue weighted by Crippen LogP contribution is -2.31. The van der Waals surface area contributed by atoms with Gasteiger partial charge in [0.1, 0.15) is 0 Å². The molecule has 0 bridgehead atoms. The van der Waals surface area contributed by atoms with Gasteiger partial charge in [-0.15, -0.1) is 0 Å². The van der Waals surface area contributed by atoms with Crippen molar-refractivity contribution in [3.63, 3.8) is 0 Å². The Morgan fingerprint density at radius 2 is 1.94 bits per heavy atom. The number of hydrogen-bond acceptors (Lipinski definition) is 2. The number of nitrogens with one attached hydrogen (secondary N) is 2. The van der Waals surface area contributed by atoms with Crippen molar-refractivity contribution in [3.8, 4) is 0 Å². The molecule has 0 aliphatic rings. The molecule has 0 amide bonds. The summed E-state index contributed by atoms with van der Waals surface area (Å²) in [6.07, 6.45) is 0. The zero-order valence-electron chi connectivity index (χ0n) is 9.69. The highest BCUT2D eigenvalue weighted by Gasteiger charge is 2.03. The summed E-state index contributed by atoms with van der Waals surface area (Å²) in [7, 11) is 0. The summed E-state index contributed by atoms with van der Waals surface area (Å²) in [6, 6.07) is 6.22. The third-order valence-corrected chi connectivity index (χ3v) is 3.06. The summed E-state index contributed by atoms with van der Waals surface area (Å²) in [4.78, 5) is 0. The average molecular weight is 261 g/mol. The molecule has 90 valence electrons. The lowest BCUT2D eigenvalue weighted by atomic mass is 10.2. The lowest BCUT2D eigenvalue weighted by molar-refractivity contribution is 0.556. The van der Waals surface area contributed by atoms with E-state index >= 15 is 0 Å². The average Bonchev–Trinajstić information content (AvgIpc) is 2.23. The van der Waals surface area contributed by atoms with E-state index in [1.54, 1.807) is 6.07 Å². The monoisotopic (exact) mass is 260 g/mol. The summed E-state index contributed by atoms with van der Waals surface area (Å²) in [5.41, 5.74) is 1.04. The molecule has 0 atom stereocenters. The van der Waals surface area contributed by atoms with Crippen molar-refractivity contribution in [2.24, 2.45) is 0 Å². The van der Waals surface area contributed by atoms with Gasteiger partial charge in [0.2, 0.25) is 0 Å². The SMILES string of the molecule is CC(C)NCCNCc1cccc(Cl)c1Cl. The van der Waals surface area contributed by atoms with E-state index < -0.39 is 0 Å². The minimum atomic E-state index is 0.525. The van der Waals surface area contributed by atoms with Gasteiger partial charge in [-0.2, -0.15) is 0 Å². The third kappa shape index (κ3) is 4.71. The van der Waals surface area contributed by atoms with E-state index in [2.05, 4.69) is 24.5 Å². The fraction of sp³-hybridized carbons (Fsp3) is 0.500. The molecule has 2 N–H and O–H groups in total. The Balaban J connectivity index is 2.29. The minimum absolute atomic E-state index is 0.525. The number of halogens is 2. The molecule has 2 nitrogen and oxygen atoms in total. The molecule has 0 fully saturated rings. The van der Waals surface area contributed by atoms with Crippen molar-refractivity contribution in [2.75, 3.05) is 13.1 Å². The van der Waals surface area contributed by atoms with Crippen LogP contribution in [0.1, 0.15) is 19.4 Å². The maximum atomic E-state index is 6.07. The Bertz CT molecular complexity index is 327. The van der Waals surface area contributed by atoms with E-state index in [1.165, 1.54) is 0 Å². The van der Waals surface area contributed by atoms with Crippen LogP contribution in [-0.4, -0.2) is 19.1 Å². The fourth-order valence-electron chi connectivity index (χ4n) is 1.36. The largest absolute Gasteiger partial charge is 0.313 e. The highest BCUT2D eigenvalue weighted by Crippen LogP contribution is 2.25. The predicted molar refractivity (Wildman–Crippen MR) is 71.3 cm³/mol. The predicted octanol–water partition coefficient (Wildman–Crippen LogP) is 3.08. The first kappa shape index (κ1) is 13.8. The van der Waals surface area contributed by atoms with E-state index in [9.17, 15) is 0 Å². The Kier molecular flexibility index (Phi) is 6.14. The zero-order chi connectivity index (χ0) is 12.0. The molecule has 16 heavy (non-hydrogen) atoms. The Labute approximate surface area is 107 Å². The fourth-order valence-corrected chi connectivity index (χ4v) is 1.74. The standard InChI is InChI=1S/C12H18Cl2N2/c1-9(2)16-7-6-15-8-10-4-3-5-11(13)12(10)14/h3-5,9,15-16H,6-8H2,1-2H3. The van der Waals surface area contributed by atoms with Crippen molar-refractivity contribution >= 4 is 23.2 Å². The van der Waals surface area contributed by atoms with Gasteiger partial charge >= 0.3 is 0 Å². The zero-order valence-corrected chi connectivity index (χ0v) is 11.2. The van der Waals surface area contributed by atoms with Crippen LogP contribution in [0.15, 0.2) is 18.2 Å². The second-order valence-electron chi connectivity index (χ2n) is 4.00. The van der Waals surface area contributed by atoms with Gasteiger partial charge in [-0.1, -0.05) is 49.2 Å². The molecule has 1 rings (SSSR count).